The molecule has 0 unspecified atom stereocenters. The molecule has 0 saturated heterocycles. The molecule has 0 aliphatic heterocycles. The molecular formula is C28H29N3O3. The third-order valence-electron chi connectivity index (χ3n) is 5.97. The SMILES string of the molecule is COc1ccc(-c2cc(C(=O)Nc3ccc(C)c(C)c3)n(-c3ccc(C)cc3C)n2)c(OC)c1. The molecule has 1 N–H and O–H groups in total. The predicted octanol–water partition coefficient (Wildman–Crippen LogP) is 6.04. The second-order valence-corrected chi connectivity index (χ2v) is 8.44. The summed E-state index contributed by atoms with van der Waals surface area (Å²) >= 11 is 0. The number of methoxy groups -OCH3 is 2. The number of aromatic nitrogens is 2. The van der Waals surface area contributed by atoms with Gasteiger partial charge in [-0.25, -0.2) is 4.68 Å². The lowest BCUT2D eigenvalue weighted by atomic mass is 10.1. The van der Waals surface area contributed by atoms with E-state index in [9.17, 15) is 4.79 Å². The molecule has 0 radical (unpaired) electrons. The van der Waals surface area contributed by atoms with Gasteiger partial charge in [0.1, 0.15) is 17.2 Å². The maximum Gasteiger partial charge on any atom is 0.274 e. The van der Waals surface area contributed by atoms with Crippen molar-refractivity contribution in [2.75, 3.05) is 19.5 Å². The summed E-state index contributed by atoms with van der Waals surface area (Å²) in [5.41, 5.74) is 7.87. The van der Waals surface area contributed by atoms with Gasteiger partial charge in [-0.1, -0.05) is 23.8 Å². The first-order chi connectivity index (χ1) is 16.3. The molecule has 0 saturated carbocycles. The predicted molar refractivity (Wildman–Crippen MR) is 135 cm³/mol. The van der Waals surface area contributed by atoms with E-state index >= 15 is 0 Å². The first kappa shape index (κ1) is 23.1. The van der Waals surface area contributed by atoms with Crippen LogP contribution in [0.15, 0.2) is 60.7 Å². The van der Waals surface area contributed by atoms with E-state index in [0.29, 0.717) is 22.9 Å². The Bertz CT molecular complexity index is 1370. The zero-order valence-corrected chi connectivity index (χ0v) is 20.4. The van der Waals surface area contributed by atoms with Gasteiger partial charge in [-0.15, -0.1) is 0 Å². The molecule has 6 nitrogen and oxygen atoms in total. The summed E-state index contributed by atoms with van der Waals surface area (Å²) in [6, 6.07) is 19.3. The number of rotatable bonds is 6. The molecule has 6 heteroatoms. The summed E-state index contributed by atoms with van der Waals surface area (Å²) in [5, 5.41) is 7.86. The molecule has 174 valence electrons. The topological polar surface area (TPSA) is 65.4 Å². The smallest absolute Gasteiger partial charge is 0.274 e. The van der Waals surface area contributed by atoms with Gasteiger partial charge in [-0.3, -0.25) is 4.79 Å². The number of carbonyl (C=O) groups is 1. The number of benzene rings is 3. The number of ether oxygens (including phenoxy) is 2. The van der Waals surface area contributed by atoms with Gasteiger partial charge in [0.25, 0.3) is 5.91 Å². The highest BCUT2D eigenvalue weighted by Gasteiger charge is 2.21. The Morgan fingerprint density at radius 2 is 1.62 bits per heavy atom. The van der Waals surface area contributed by atoms with Gasteiger partial charge >= 0.3 is 0 Å². The molecule has 0 atom stereocenters. The van der Waals surface area contributed by atoms with Crippen LogP contribution in [0.1, 0.15) is 32.7 Å². The zero-order chi connectivity index (χ0) is 24.4. The van der Waals surface area contributed by atoms with E-state index in [0.717, 1.165) is 33.6 Å². The standard InChI is InChI=1S/C28H29N3O3/c1-17-7-12-25(20(4)13-17)31-26(28(32)29-21-9-8-18(2)19(3)14-21)16-24(30-31)23-11-10-22(33-5)15-27(23)34-6/h7-16H,1-6H3,(H,29,32). The number of aryl methyl sites for hydroxylation is 4. The quantitative estimate of drug-likeness (QED) is 0.385. The summed E-state index contributed by atoms with van der Waals surface area (Å²) in [7, 11) is 3.21. The summed E-state index contributed by atoms with van der Waals surface area (Å²) in [4.78, 5) is 13.5. The lowest BCUT2D eigenvalue weighted by molar-refractivity contribution is 0.101. The maximum atomic E-state index is 13.5. The molecule has 4 aromatic rings. The van der Waals surface area contributed by atoms with Crippen LogP contribution >= 0.6 is 0 Å². The molecule has 0 bridgehead atoms. The number of carbonyl (C=O) groups excluding carboxylic acids is 1. The van der Waals surface area contributed by atoms with E-state index in [2.05, 4.69) is 11.4 Å². The van der Waals surface area contributed by atoms with E-state index in [1.54, 1.807) is 31.0 Å². The molecule has 34 heavy (non-hydrogen) atoms. The van der Waals surface area contributed by atoms with E-state index in [4.69, 9.17) is 14.6 Å². The number of anilines is 1. The van der Waals surface area contributed by atoms with Crippen molar-refractivity contribution in [2.24, 2.45) is 0 Å². The minimum atomic E-state index is -0.241. The van der Waals surface area contributed by atoms with Crippen LogP contribution in [-0.4, -0.2) is 29.9 Å². The molecule has 0 fully saturated rings. The number of hydrogen-bond donors (Lipinski definition) is 1. The lowest BCUT2D eigenvalue weighted by Gasteiger charge is -2.12. The van der Waals surface area contributed by atoms with Crippen LogP contribution in [0, 0.1) is 27.7 Å². The monoisotopic (exact) mass is 455 g/mol. The average molecular weight is 456 g/mol. The molecule has 1 aromatic heterocycles. The van der Waals surface area contributed by atoms with Crippen molar-refractivity contribution >= 4 is 11.6 Å². The van der Waals surface area contributed by atoms with Crippen LogP contribution in [0.25, 0.3) is 16.9 Å². The Balaban J connectivity index is 1.83. The molecule has 0 aliphatic carbocycles. The van der Waals surface area contributed by atoms with Crippen molar-refractivity contribution in [2.45, 2.75) is 27.7 Å². The highest BCUT2D eigenvalue weighted by molar-refractivity contribution is 6.04. The number of hydrogen-bond acceptors (Lipinski definition) is 4. The van der Waals surface area contributed by atoms with Crippen LogP contribution in [0.5, 0.6) is 11.5 Å². The molecular weight excluding hydrogens is 426 g/mol. The van der Waals surface area contributed by atoms with Gasteiger partial charge < -0.3 is 14.8 Å². The Morgan fingerprint density at radius 1 is 0.824 bits per heavy atom. The fraction of sp³-hybridized carbons (Fsp3) is 0.214. The normalized spacial score (nSPS) is 10.8. The number of nitrogens with one attached hydrogen (secondary N) is 1. The highest BCUT2D eigenvalue weighted by Crippen LogP contribution is 2.34. The number of nitrogens with zero attached hydrogens (tertiary/aromatic N) is 2. The molecule has 0 aliphatic rings. The highest BCUT2D eigenvalue weighted by atomic mass is 16.5. The van der Waals surface area contributed by atoms with Crippen LogP contribution < -0.4 is 14.8 Å². The van der Waals surface area contributed by atoms with Crippen LogP contribution in [-0.2, 0) is 0 Å². The van der Waals surface area contributed by atoms with Crippen molar-refractivity contribution in [3.63, 3.8) is 0 Å². The van der Waals surface area contributed by atoms with E-state index in [1.165, 1.54) is 5.56 Å². The van der Waals surface area contributed by atoms with Crippen LogP contribution in [0.3, 0.4) is 0 Å². The zero-order valence-electron chi connectivity index (χ0n) is 20.4. The lowest BCUT2D eigenvalue weighted by Crippen LogP contribution is -2.17. The van der Waals surface area contributed by atoms with Gasteiger partial charge in [0, 0.05) is 17.3 Å². The van der Waals surface area contributed by atoms with Crippen LogP contribution in [0.4, 0.5) is 5.69 Å². The van der Waals surface area contributed by atoms with Gasteiger partial charge in [0.2, 0.25) is 0 Å². The van der Waals surface area contributed by atoms with Gasteiger partial charge in [-0.2, -0.15) is 5.10 Å². The second-order valence-electron chi connectivity index (χ2n) is 8.44. The fourth-order valence-corrected chi connectivity index (χ4v) is 3.93. The summed E-state index contributed by atoms with van der Waals surface area (Å²) < 4.78 is 12.6. The molecule has 1 heterocycles. The Labute approximate surface area is 200 Å². The van der Waals surface area contributed by atoms with Gasteiger partial charge in [0.15, 0.2) is 0 Å². The molecule has 3 aromatic carbocycles. The van der Waals surface area contributed by atoms with E-state index < -0.39 is 0 Å². The minimum Gasteiger partial charge on any atom is -0.497 e. The van der Waals surface area contributed by atoms with E-state index in [-0.39, 0.29) is 5.91 Å². The molecule has 0 spiro atoms. The number of amides is 1. The first-order valence-corrected chi connectivity index (χ1v) is 11.1. The molecule has 1 amide bonds. The van der Waals surface area contributed by atoms with Crippen molar-refractivity contribution < 1.29 is 14.3 Å². The third-order valence-corrected chi connectivity index (χ3v) is 5.97. The van der Waals surface area contributed by atoms with E-state index in [1.807, 2.05) is 70.2 Å². The van der Waals surface area contributed by atoms with Crippen molar-refractivity contribution in [3.8, 4) is 28.4 Å². The van der Waals surface area contributed by atoms with Crippen molar-refractivity contribution in [3.05, 3.63) is 88.6 Å². The largest absolute Gasteiger partial charge is 0.497 e. The minimum absolute atomic E-state index is 0.241. The van der Waals surface area contributed by atoms with Crippen molar-refractivity contribution in [1.29, 1.82) is 0 Å². The maximum absolute atomic E-state index is 13.5. The van der Waals surface area contributed by atoms with Crippen LogP contribution in [0.2, 0.25) is 0 Å². The van der Waals surface area contributed by atoms with Gasteiger partial charge in [-0.05, 0) is 80.8 Å². The van der Waals surface area contributed by atoms with Crippen molar-refractivity contribution in [1.82, 2.24) is 9.78 Å². The van der Waals surface area contributed by atoms with Gasteiger partial charge in [0.05, 0.1) is 25.6 Å². The Kier molecular flexibility index (Phi) is 6.41. The first-order valence-electron chi connectivity index (χ1n) is 11.1. The Morgan fingerprint density at radius 3 is 2.29 bits per heavy atom. The summed E-state index contributed by atoms with van der Waals surface area (Å²) in [6.07, 6.45) is 0. The summed E-state index contributed by atoms with van der Waals surface area (Å²) in [5.74, 6) is 1.06. The summed E-state index contributed by atoms with van der Waals surface area (Å²) in [6.45, 7) is 8.13. The average Bonchev–Trinajstić information content (AvgIpc) is 3.26. The Hall–Kier alpha value is -4.06. The second kappa shape index (κ2) is 9.43. The fourth-order valence-electron chi connectivity index (χ4n) is 3.93. The molecule has 4 rings (SSSR count). The third kappa shape index (κ3) is 4.53.